The molecule has 0 amide bonds. The molecule has 0 aliphatic heterocycles. The maximum atomic E-state index is 12.7. The molecule has 2 rings (SSSR count). The Kier molecular flexibility index (Phi) is 4.78. The zero-order chi connectivity index (χ0) is 14.0. The number of benzene rings is 1. The van der Waals surface area contributed by atoms with Crippen molar-refractivity contribution in [2.45, 2.75) is 26.8 Å². The van der Waals surface area contributed by atoms with Crippen LogP contribution >= 0.6 is 38.5 Å². The molecule has 5 heteroatoms. The second kappa shape index (κ2) is 6.17. The van der Waals surface area contributed by atoms with Crippen molar-refractivity contribution in [2.75, 3.05) is 0 Å². The molecule has 0 atom stereocenters. The van der Waals surface area contributed by atoms with Crippen LogP contribution in [0.3, 0.4) is 0 Å². The molecule has 0 spiro atoms. The van der Waals surface area contributed by atoms with Crippen LogP contribution in [-0.4, -0.2) is 15.6 Å². The van der Waals surface area contributed by atoms with Gasteiger partial charge >= 0.3 is 0 Å². The van der Waals surface area contributed by atoms with Crippen LogP contribution in [0.1, 0.15) is 35.0 Å². The van der Waals surface area contributed by atoms with Crippen molar-refractivity contribution < 1.29 is 4.79 Å². The van der Waals surface area contributed by atoms with Crippen LogP contribution in [0.4, 0.5) is 0 Å². The highest BCUT2D eigenvalue weighted by Gasteiger charge is 2.20. The van der Waals surface area contributed by atoms with Crippen LogP contribution in [0.15, 0.2) is 28.9 Å². The summed E-state index contributed by atoms with van der Waals surface area (Å²) in [5.74, 6) is 0.0194. The fraction of sp³-hybridized carbons (Fsp3) is 0.286. The summed E-state index contributed by atoms with van der Waals surface area (Å²) >= 11 is 5.65. The SMILES string of the molecule is CCCn1ncc(Br)c1C(=O)c1cccc(C)c1I. The number of aryl methyl sites for hydroxylation is 2. The van der Waals surface area contributed by atoms with E-state index in [9.17, 15) is 4.79 Å². The maximum Gasteiger partial charge on any atom is 0.213 e. The topological polar surface area (TPSA) is 34.9 Å². The number of rotatable bonds is 4. The highest BCUT2D eigenvalue weighted by atomic mass is 127. The monoisotopic (exact) mass is 432 g/mol. The molecule has 0 bridgehead atoms. The average Bonchev–Trinajstić information content (AvgIpc) is 2.74. The highest BCUT2D eigenvalue weighted by Crippen LogP contribution is 2.24. The van der Waals surface area contributed by atoms with Gasteiger partial charge in [0.25, 0.3) is 0 Å². The quantitative estimate of drug-likeness (QED) is 0.536. The van der Waals surface area contributed by atoms with Crippen molar-refractivity contribution in [3.63, 3.8) is 0 Å². The van der Waals surface area contributed by atoms with Gasteiger partial charge in [0.2, 0.25) is 5.78 Å². The summed E-state index contributed by atoms with van der Waals surface area (Å²) in [7, 11) is 0. The summed E-state index contributed by atoms with van der Waals surface area (Å²) in [5.41, 5.74) is 2.48. The number of halogens is 2. The molecule has 2 aromatic rings. The lowest BCUT2D eigenvalue weighted by molar-refractivity contribution is 0.102. The molecule has 0 fully saturated rings. The summed E-state index contributed by atoms with van der Waals surface area (Å²) in [5, 5.41) is 4.25. The lowest BCUT2D eigenvalue weighted by atomic mass is 10.1. The molecule has 3 nitrogen and oxygen atoms in total. The number of carbonyl (C=O) groups is 1. The lowest BCUT2D eigenvalue weighted by Gasteiger charge is -2.09. The molecule has 0 unspecified atom stereocenters. The smallest absolute Gasteiger partial charge is 0.213 e. The van der Waals surface area contributed by atoms with Gasteiger partial charge in [0.05, 0.1) is 10.7 Å². The molecular formula is C14H14BrIN2O. The van der Waals surface area contributed by atoms with E-state index in [0.29, 0.717) is 5.69 Å². The minimum atomic E-state index is 0.0194. The van der Waals surface area contributed by atoms with E-state index in [2.05, 4.69) is 50.5 Å². The number of ketones is 1. The summed E-state index contributed by atoms with van der Waals surface area (Å²) in [4.78, 5) is 12.7. The number of carbonyl (C=O) groups excluding carboxylic acids is 1. The van der Waals surface area contributed by atoms with Crippen LogP contribution in [0.5, 0.6) is 0 Å². The van der Waals surface area contributed by atoms with Crippen molar-refractivity contribution in [3.8, 4) is 0 Å². The Morgan fingerprint density at radius 3 is 2.89 bits per heavy atom. The molecule has 0 N–H and O–H groups in total. The molecule has 1 heterocycles. The highest BCUT2D eigenvalue weighted by molar-refractivity contribution is 14.1. The van der Waals surface area contributed by atoms with Gasteiger partial charge in [-0.05, 0) is 63.5 Å². The van der Waals surface area contributed by atoms with E-state index in [1.165, 1.54) is 0 Å². The Morgan fingerprint density at radius 2 is 2.21 bits per heavy atom. The van der Waals surface area contributed by atoms with Gasteiger partial charge in [0.1, 0.15) is 5.69 Å². The predicted octanol–water partition coefficient (Wildman–Crippen LogP) is 4.20. The maximum absolute atomic E-state index is 12.7. The molecule has 19 heavy (non-hydrogen) atoms. The van der Waals surface area contributed by atoms with E-state index < -0.39 is 0 Å². The van der Waals surface area contributed by atoms with Crippen molar-refractivity contribution in [1.29, 1.82) is 0 Å². The Morgan fingerprint density at radius 1 is 1.47 bits per heavy atom. The first-order valence-electron chi connectivity index (χ1n) is 6.07. The summed E-state index contributed by atoms with van der Waals surface area (Å²) in [6.07, 6.45) is 2.63. The largest absolute Gasteiger partial charge is 0.287 e. The van der Waals surface area contributed by atoms with Gasteiger partial charge in [0.15, 0.2) is 0 Å². The van der Waals surface area contributed by atoms with Crippen LogP contribution in [-0.2, 0) is 6.54 Å². The zero-order valence-corrected chi connectivity index (χ0v) is 14.5. The van der Waals surface area contributed by atoms with Gasteiger partial charge in [-0.2, -0.15) is 5.10 Å². The third kappa shape index (κ3) is 2.91. The Labute approximate surface area is 134 Å². The van der Waals surface area contributed by atoms with Crippen LogP contribution in [0.25, 0.3) is 0 Å². The fourth-order valence-electron chi connectivity index (χ4n) is 1.92. The summed E-state index contributed by atoms with van der Waals surface area (Å²) in [6.45, 7) is 4.83. The minimum absolute atomic E-state index is 0.0194. The van der Waals surface area contributed by atoms with Crippen LogP contribution < -0.4 is 0 Å². The summed E-state index contributed by atoms with van der Waals surface area (Å²) < 4.78 is 3.52. The van der Waals surface area contributed by atoms with E-state index in [4.69, 9.17) is 0 Å². The summed E-state index contributed by atoms with van der Waals surface area (Å²) in [6, 6.07) is 5.79. The van der Waals surface area contributed by atoms with Crippen molar-refractivity contribution in [3.05, 3.63) is 49.3 Å². The molecule has 100 valence electrons. The minimum Gasteiger partial charge on any atom is -0.287 e. The Hall–Kier alpha value is -0.690. The van der Waals surface area contributed by atoms with Gasteiger partial charge in [-0.1, -0.05) is 19.1 Å². The van der Waals surface area contributed by atoms with Gasteiger partial charge in [0, 0.05) is 15.7 Å². The average molecular weight is 433 g/mol. The molecule has 0 aliphatic rings. The molecule has 0 saturated carbocycles. The van der Waals surface area contributed by atoms with Gasteiger partial charge in [-0.15, -0.1) is 0 Å². The predicted molar refractivity (Wildman–Crippen MR) is 87.5 cm³/mol. The van der Waals surface area contributed by atoms with Gasteiger partial charge < -0.3 is 0 Å². The van der Waals surface area contributed by atoms with Crippen molar-refractivity contribution >= 4 is 44.3 Å². The molecular weight excluding hydrogens is 419 g/mol. The number of hydrogen-bond donors (Lipinski definition) is 0. The third-order valence-electron chi connectivity index (χ3n) is 2.88. The number of nitrogens with zero attached hydrogens (tertiary/aromatic N) is 2. The standard InChI is InChI=1S/C14H14BrIN2O/c1-3-7-18-13(11(15)8-17-18)14(19)10-6-4-5-9(2)12(10)16/h4-6,8H,3,7H2,1-2H3. The number of hydrogen-bond acceptors (Lipinski definition) is 2. The van der Waals surface area contributed by atoms with Crippen LogP contribution in [0.2, 0.25) is 0 Å². The van der Waals surface area contributed by atoms with E-state index in [1.54, 1.807) is 10.9 Å². The molecule has 0 aliphatic carbocycles. The Bertz CT molecular complexity index is 622. The van der Waals surface area contributed by atoms with Crippen molar-refractivity contribution in [1.82, 2.24) is 9.78 Å². The molecule has 0 saturated heterocycles. The lowest BCUT2D eigenvalue weighted by Crippen LogP contribution is -2.13. The first-order valence-corrected chi connectivity index (χ1v) is 7.94. The van der Waals surface area contributed by atoms with Crippen LogP contribution in [0, 0.1) is 10.5 Å². The first-order chi connectivity index (χ1) is 9.06. The second-order valence-corrected chi connectivity index (χ2v) is 6.26. The van der Waals surface area contributed by atoms with E-state index >= 15 is 0 Å². The van der Waals surface area contributed by atoms with E-state index in [0.717, 1.165) is 32.1 Å². The normalized spacial score (nSPS) is 10.7. The number of aromatic nitrogens is 2. The third-order valence-corrected chi connectivity index (χ3v) is 4.89. The Balaban J connectivity index is 2.50. The second-order valence-electron chi connectivity index (χ2n) is 4.33. The van der Waals surface area contributed by atoms with E-state index in [-0.39, 0.29) is 5.78 Å². The molecule has 1 aromatic carbocycles. The molecule has 1 aromatic heterocycles. The fourth-order valence-corrected chi connectivity index (χ4v) is 3.00. The van der Waals surface area contributed by atoms with E-state index in [1.807, 2.05) is 25.1 Å². The first kappa shape index (κ1) is 14.7. The van der Waals surface area contributed by atoms with Gasteiger partial charge in [-0.3, -0.25) is 9.48 Å². The molecule has 0 radical (unpaired) electrons. The van der Waals surface area contributed by atoms with Crippen molar-refractivity contribution in [2.24, 2.45) is 0 Å². The van der Waals surface area contributed by atoms with Gasteiger partial charge in [-0.25, -0.2) is 0 Å². The zero-order valence-electron chi connectivity index (χ0n) is 10.8.